The maximum absolute atomic E-state index is 12.4. The van der Waals surface area contributed by atoms with E-state index in [1.54, 1.807) is 12.4 Å². The van der Waals surface area contributed by atoms with Gasteiger partial charge >= 0.3 is 0 Å². The molecule has 2 aromatic rings. The van der Waals surface area contributed by atoms with E-state index in [4.69, 9.17) is 0 Å². The van der Waals surface area contributed by atoms with Gasteiger partial charge in [-0.25, -0.2) is 0 Å². The topological polar surface area (TPSA) is 63.9 Å². The number of carbonyl (C=O) groups excluding carboxylic acids is 1. The monoisotopic (exact) mass is 331 g/mol. The number of piperidine rings is 1. The molecule has 1 aliphatic heterocycles. The maximum atomic E-state index is 12.4. The molecular weight excluding hydrogens is 310 g/mol. The van der Waals surface area contributed by atoms with Crippen molar-refractivity contribution in [3.63, 3.8) is 0 Å². The Bertz CT molecular complexity index is 672. The third kappa shape index (κ3) is 3.55. The highest BCUT2D eigenvalue weighted by molar-refractivity contribution is 7.99. The Morgan fingerprint density at radius 2 is 2.09 bits per heavy atom. The molecule has 3 heterocycles. The molecule has 1 amide bonds. The Balaban J connectivity index is 1.65. The predicted molar refractivity (Wildman–Crippen MR) is 90.0 cm³/mol. The second-order valence-corrected chi connectivity index (χ2v) is 6.76. The Morgan fingerprint density at radius 1 is 1.30 bits per heavy atom. The van der Waals surface area contributed by atoms with Crippen LogP contribution in [-0.2, 0) is 11.8 Å². The first kappa shape index (κ1) is 16.0. The third-order valence-electron chi connectivity index (χ3n) is 4.22. The van der Waals surface area contributed by atoms with Crippen molar-refractivity contribution in [1.29, 1.82) is 0 Å². The normalized spacial score (nSPS) is 18.2. The Labute approximate surface area is 140 Å². The maximum Gasteiger partial charge on any atom is 0.233 e. The molecule has 122 valence electrons. The van der Waals surface area contributed by atoms with E-state index in [9.17, 15) is 4.79 Å². The van der Waals surface area contributed by atoms with E-state index in [2.05, 4.69) is 22.1 Å². The quantitative estimate of drug-likeness (QED) is 0.805. The molecule has 3 rings (SSSR count). The molecule has 1 aliphatic rings. The summed E-state index contributed by atoms with van der Waals surface area (Å²) in [7, 11) is 1.92. The molecule has 0 spiro atoms. The lowest BCUT2D eigenvalue weighted by atomic mass is 10.0. The van der Waals surface area contributed by atoms with Crippen LogP contribution in [0.1, 0.15) is 26.2 Å². The van der Waals surface area contributed by atoms with Crippen LogP contribution >= 0.6 is 11.8 Å². The smallest absolute Gasteiger partial charge is 0.233 e. The van der Waals surface area contributed by atoms with Gasteiger partial charge < -0.3 is 9.47 Å². The van der Waals surface area contributed by atoms with E-state index in [1.807, 2.05) is 28.6 Å². The van der Waals surface area contributed by atoms with E-state index in [0.717, 1.165) is 35.9 Å². The van der Waals surface area contributed by atoms with Gasteiger partial charge in [0.25, 0.3) is 0 Å². The molecular formula is C16H21N5OS. The minimum Gasteiger partial charge on any atom is -0.339 e. The van der Waals surface area contributed by atoms with Crippen molar-refractivity contribution in [1.82, 2.24) is 24.6 Å². The van der Waals surface area contributed by atoms with E-state index in [1.165, 1.54) is 18.2 Å². The Morgan fingerprint density at radius 3 is 2.83 bits per heavy atom. The molecule has 0 bridgehead atoms. The summed E-state index contributed by atoms with van der Waals surface area (Å²) in [4.78, 5) is 18.4. The molecule has 6 nitrogen and oxygen atoms in total. The number of hydrogen-bond acceptors (Lipinski definition) is 5. The zero-order valence-electron chi connectivity index (χ0n) is 13.5. The van der Waals surface area contributed by atoms with Gasteiger partial charge in [0.1, 0.15) is 0 Å². The summed E-state index contributed by atoms with van der Waals surface area (Å²) in [5, 5.41) is 9.20. The summed E-state index contributed by atoms with van der Waals surface area (Å²) in [6.07, 6.45) is 6.90. The van der Waals surface area contributed by atoms with Crippen molar-refractivity contribution >= 4 is 17.7 Å². The highest BCUT2D eigenvalue weighted by Crippen LogP contribution is 2.23. The van der Waals surface area contributed by atoms with E-state index >= 15 is 0 Å². The molecule has 1 atom stereocenters. The van der Waals surface area contributed by atoms with Gasteiger partial charge in [0.05, 0.1) is 5.75 Å². The fraction of sp³-hybridized carbons (Fsp3) is 0.500. The SMILES string of the molecule is CC1CCCCN1C(=O)CSc1nnc(-c2ccncc2)n1C. The van der Waals surface area contributed by atoms with Gasteiger partial charge in [0.15, 0.2) is 11.0 Å². The van der Waals surface area contributed by atoms with Gasteiger partial charge in [-0.3, -0.25) is 9.78 Å². The largest absolute Gasteiger partial charge is 0.339 e. The van der Waals surface area contributed by atoms with Crippen LogP contribution in [0.15, 0.2) is 29.7 Å². The van der Waals surface area contributed by atoms with Crippen LogP contribution < -0.4 is 0 Å². The van der Waals surface area contributed by atoms with Crippen molar-refractivity contribution < 1.29 is 4.79 Å². The lowest BCUT2D eigenvalue weighted by molar-refractivity contribution is -0.131. The molecule has 0 aliphatic carbocycles. The first-order valence-electron chi connectivity index (χ1n) is 7.89. The van der Waals surface area contributed by atoms with Crippen molar-refractivity contribution in [2.75, 3.05) is 12.3 Å². The van der Waals surface area contributed by atoms with Crippen molar-refractivity contribution in [3.8, 4) is 11.4 Å². The van der Waals surface area contributed by atoms with Crippen LogP contribution in [0, 0.1) is 0 Å². The number of amides is 1. The summed E-state index contributed by atoms with van der Waals surface area (Å²) in [5.74, 6) is 1.39. The average molecular weight is 331 g/mol. The zero-order valence-corrected chi connectivity index (χ0v) is 14.3. The van der Waals surface area contributed by atoms with E-state index < -0.39 is 0 Å². The molecule has 0 N–H and O–H groups in total. The van der Waals surface area contributed by atoms with Crippen LogP contribution in [0.5, 0.6) is 0 Å². The van der Waals surface area contributed by atoms with Crippen molar-refractivity contribution in [2.24, 2.45) is 7.05 Å². The summed E-state index contributed by atoms with van der Waals surface area (Å²) in [5.41, 5.74) is 0.970. The lowest BCUT2D eigenvalue weighted by Crippen LogP contribution is -2.42. The molecule has 2 aromatic heterocycles. The molecule has 1 fully saturated rings. The number of pyridine rings is 1. The minimum atomic E-state index is 0.190. The number of thioether (sulfide) groups is 1. The van der Waals surface area contributed by atoms with Crippen LogP contribution in [-0.4, -0.2) is 48.9 Å². The first-order valence-corrected chi connectivity index (χ1v) is 8.87. The molecule has 23 heavy (non-hydrogen) atoms. The molecule has 1 saturated heterocycles. The number of nitrogens with zero attached hydrogens (tertiary/aromatic N) is 5. The number of likely N-dealkylation sites (tertiary alicyclic amines) is 1. The number of carbonyl (C=O) groups is 1. The summed E-state index contributed by atoms with van der Waals surface area (Å²) < 4.78 is 1.92. The van der Waals surface area contributed by atoms with Gasteiger partial charge in [0.2, 0.25) is 5.91 Å². The van der Waals surface area contributed by atoms with Gasteiger partial charge in [-0.15, -0.1) is 10.2 Å². The summed E-state index contributed by atoms with van der Waals surface area (Å²) in [6, 6.07) is 4.15. The fourth-order valence-electron chi connectivity index (χ4n) is 2.87. The Kier molecular flexibility index (Phi) is 4.95. The second kappa shape index (κ2) is 7.12. The average Bonchev–Trinajstić information content (AvgIpc) is 2.94. The van der Waals surface area contributed by atoms with Crippen LogP contribution in [0.25, 0.3) is 11.4 Å². The van der Waals surface area contributed by atoms with Crippen LogP contribution in [0.2, 0.25) is 0 Å². The number of hydrogen-bond donors (Lipinski definition) is 0. The fourth-order valence-corrected chi connectivity index (χ4v) is 3.67. The van der Waals surface area contributed by atoms with E-state index in [-0.39, 0.29) is 5.91 Å². The first-order chi connectivity index (χ1) is 11.2. The van der Waals surface area contributed by atoms with E-state index in [0.29, 0.717) is 11.8 Å². The molecule has 1 unspecified atom stereocenters. The van der Waals surface area contributed by atoms with Gasteiger partial charge in [-0.2, -0.15) is 0 Å². The van der Waals surface area contributed by atoms with Gasteiger partial charge in [-0.1, -0.05) is 11.8 Å². The highest BCUT2D eigenvalue weighted by Gasteiger charge is 2.23. The van der Waals surface area contributed by atoms with Gasteiger partial charge in [0, 0.05) is 37.6 Å². The van der Waals surface area contributed by atoms with Gasteiger partial charge in [-0.05, 0) is 38.3 Å². The molecule has 0 saturated carbocycles. The number of aromatic nitrogens is 4. The minimum absolute atomic E-state index is 0.190. The van der Waals surface area contributed by atoms with Crippen LogP contribution in [0.4, 0.5) is 0 Å². The number of rotatable bonds is 4. The molecule has 7 heteroatoms. The molecule has 0 radical (unpaired) electrons. The second-order valence-electron chi connectivity index (χ2n) is 5.82. The van der Waals surface area contributed by atoms with Crippen molar-refractivity contribution in [2.45, 2.75) is 37.4 Å². The summed E-state index contributed by atoms with van der Waals surface area (Å²) >= 11 is 1.45. The lowest BCUT2D eigenvalue weighted by Gasteiger charge is -2.33. The third-order valence-corrected chi connectivity index (χ3v) is 5.23. The van der Waals surface area contributed by atoms with Crippen molar-refractivity contribution in [3.05, 3.63) is 24.5 Å². The highest BCUT2D eigenvalue weighted by atomic mass is 32.2. The predicted octanol–water partition coefficient (Wildman–Crippen LogP) is 2.37. The standard InChI is InChI=1S/C16H21N5OS/c1-12-5-3-4-10-21(12)14(22)11-23-16-19-18-15(20(16)2)13-6-8-17-9-7-13/h6-9,12H,3-5,10-11H2,1-2H3. The van der Waals surface area contributed by atoms with Crippen LogP contribution in [0.3, 0.4) is 0 Å². The summed E-state index contributed by atoms with van der Waals surface area (Å²) in [6.45, 7) is 3.01. The zero-order chi connectivity index (χ0) is 16.2. The Hall–Kier alpha value is -1.89. The molecule has 0 aromatic carbocycles.